The molecule has 0 fully saturated rings. The summed E-state index contributed by atoms with van der Waals surface area (Å²) in [6.45, 7) is 3.64. The van der Waals surface area contributed by atoms with E-state index in [0.717, 1.165) is 0 Å². The first kappa shape index (κ1) is 19.1. The first-order chi connectivity index (χ1) is 13.4. The number of carbonyl (C=O) groups is 1. The normalized spacial score (nSPS) is 11.3. The smallest absolute Gasteiger partial charge is 0.292 e. The Balaban J connectivity index is 1.90. The molecule has 0 aliphatic rings. The minimum Gasteiger partial charge on any atom is -0.504 e. The highest BCUT2D eigenvalue weighted by Crippen LogP contribution is 2.25. The zero-order valence-corrected chi connectivity index (χ0v) is 15.7. The van der Waals surface area contributed by atoms with Crippen molar-refractivity contribution in [2.45, 2.75) is 19.9 Å². The molecule has 8 heteroatoms. The number of benzene rings is 2. The number of aromatic nitrogens is 2. The number of hydrogen-bond donors (Lipinski definition) is 2. The number of aromatic hydroxyl groups is 1. The lowest BCUT2D eigenvalue weighted by Crippen LogP contribution is -2.30. The van der Waals surface area contributed by atoms with Crippen molar-refractivity contribution in [3.05, 3.63) is 64.1 Å². The zero-order valence-electron chi connectivity index (χ0n) is 15.7. The van der Waals surface area contributed by atoms with Gasteiger partial charge in [0.15, 0.2) is 17.2 Å². The van der Waals surface area contributed by atoms with Gasteiger partial charge in [-0.25, -0.2) is 10.1 Å². The van der Waals surface area contributed by atoms with Crippen LogP contribution in [-0.2, 0) is 0 Å². The number of hydrazone groups is 1. The molecule has 1 heterocycles. The van der Waals surface area contributed by atoms with E-state index >= 15 is 0 Å². The molecule has 3 aromatic rings. The third-order valence-corrected chi connectivity index (χ3v) is 4.12. The summed E-state index contributed by atoms with van der Waals surface area (Å²) in [7, 11) is 1.46. The van der Waals surface area contributed by atoms with E-state index in [0.29, 0.717) is 22.1 Å². The van der Waals surface area contributed by atoms with E-state index < -0.39 is 5.91 Å². The summed E-state index contributed by atoms with van der Waals surface area (Å²) in [6.07, 6.45) is 1.39. The van der Waals surface area contributed by atoms with Gasteiger partial charge >= 0.3 is 0 Å². The lowest BCUT2D eigenvalue weighted by atomic mass is 10.1. The molecule has 0 unspecified atom stereocenters. The van der Waals surface area contributed by atoms with Crippen molar-refractivity contribution in [2.75, 3.05) is 7.11 Å². The van der Waals surface area contributed by atoms with Gasteiger partial charge in [-0.15, -0.1) is 0 Å². The maximum Gasteiger partial charge on any atom is 0.292 e. The molecule has 0 saturated heterocycles. The van der Waals surface area contributed by atoms with Gasteiger partial charge in [0.25, 0.3) is 11.5 Å². The first-order valence-electron chi connectivity index (χ1n) is 8.64. The second-order valence-electron chi connectivity index (χ2n) is 6.37. The van der Waals surface area contributed by atoms with Crippen molar-refractivity contribution in [1.82, 2.24) is 15.2 Å². The Labute approximate surface area is 161 Å². The number of ether oxygens (including phenoxy) is 1. The van der Waals surface area contributed by atoms with Gasteiger partial charge < -0.3 is 9.84 Å². The van der Waals surface area contributed by atoms with Crippen LogP contribution < -0.4 is 15.7 Å². The van der Waals surface area contributed by atoms with E-state index in [9.17, 15) is 14.7 Å². The van der Waals surface area contributed by atoms with Crippen LogP contribution in [0.4, 0.5) is 0 Å². The Morgan fingerprint density at radius 3 is 2.61 bits per heavy atom. The fourth-order valence-electron chi connectivity index (χ4n) is 2.73. The van der Waals surface area contributed by atoms with Crippen LogP contribution in [0.25, 0.3) is 10.8 Å². The molecule has 1 aromatic heterocycles. The number of phenolic OH excluding ortho intramolecular Hbond substituents is 1. The highest BCUT2D eigenvalue weighted by Gasteiger charge is 2.17. The number of amides is 1. The van der Waals surface area contributed by atoms with Crippen LogP contribution >= 0.6 is 0 Å². The second-order valence-corrected chi connectivity index (χ2v) is 6.37. The van der Waals surface area contributed by atoms with Gasteiger partial charge in [-0.1, -0.05) is 18.2 Å². The largest absolute Gasteiger partial charge is 0.504 e. The Morgan fingerprint density at radius 1 is 1.25 bits per heavy atom. The van der Waals surface area contributed by atoms with Crippen molar-refractivity contribution in [3.63, 3.8) is 0 Å². The molecule has 3 rings (SSSR count). The lowest BCUT2D eigenvalue weighted by Gasteiger charge is -2.12. The molecule has 0 radical (unpaired) electrons. The van der Waals surface area contributed by atoms with Gasteiger partial charge in [-0.2, -0.15) is 10.2 Å². The molecule has 28 heavy (non-hydrogen) atoms. The lowest BCUT2D eigenvalue weighted by molar-refractivity contribution is 0.0949. The number of hydrogen-bond acceptors (Lipinski definition) is 6. The molecule has 8 nitrogen and oxygen atoms in total. The van der Waals surface area contributed by atoms with Crippen molar-refractivity contribution < 1.29 is 14.6 Å². The van der Waals surface area contributed by atoms with Gasteiger partial charge in [0.05, 0.1) is 24.8 Å². The van der Waals surface area contributed by atoms with Gasteiger partial charge in [-0.05, 0) is 43.7 Å². The minimum atomic E-state index is -0.542. The Bertz CT molecular complexity index is 1120. The van der Waals surface area contributed by atoms with Crippen LogP contribution in [0.15, 0.2) is 52.4 Å². The molecule has 0 atom stereocenters. The van der Waals surface area contributed by atoms with E-state index in [2.05, 4.69) is 15.6 Å². The van der Waals surface area contributed by atoms with Gasteiger partial charge in [0, 0.05) is 5.39 Å². The van der Waals surface area contributed by atoms with E-state index in [1.165, 1.54) is 24.1 Å². The summed E-state index contributed by atoms with van der Waals surface area (Å²) < 4.78 is 6.26. The van der Waals surface area contributed by atoms with Crippen LogP contribution in [0.2, 0.25) is 0 Å². The molecular formula is C20H20N4O4. The van der Waals surface area contributed by atoms with Crippen LogP contribution in [-0.4, -0.2) is 34.1 Å². The van der Waals surface area contributed by atoms with Gasteiger partial charge in [0.2, 0.25) is 0 Å². The highest BCUT2D eigenvalue weighted by molar-refractivity contribution is 6.05. The van der Waals surface area contributed by atoms with E-state index in [4.69, 9.17) is 4.74 Å². The van der Waals surface area contributed by atoms with Crippen molar-refractivity contribution in [1.29, 1.82) is 0 Å². The summed E-state index contributed by atoms with van der Waals surface area (Å²) in [5, 5.41) is 18.8. The number of rotatable bonds is 5. The number of fused-ring (bicyclic) bond motifs is 1. The molecule has 0 aliphatic carbocycles. The maximum atomic E-state index is 12.6. The number of phenols is 1. The highest BCUT2D eigenvalue weighted by atomic mass is 16.5. The minimum absolute atomic E-state index is 0.0329. The third kappa shape index (κ3) is 3.71. The van der Waals surface area contributed by atoms with E-state index in [1.807, 2.05) is 13.8 Å². The van der Waals surface area contributed by atoms with Gasteiger partial charge in [0.1, 0.15) is 0 Å². The molecule has 2 aromatic carbocycles. The molecule has 0 bridgehead atoms. The standard InChI is InChI=1S/C20H20N4O4/c1-12(2)24-20(27)15-7-5-4-6-14(15)18(23-24)19(26)22-21-11-13-8-9-17(28-3)16(25)10-13/h4-12,25H,1-3H3,(H,22,26)/b21-11-. The molecular weight excluding hydrogens is 360 g/mol. The predicted octanol–water partition coefficient (Wildman–Crippen LogP) is 2.46. The number of methoxy groups -OCH3 is 1. The number of nitrogens with one attached hydrogen (secondary N) is 1. The van der Waals surface area contributed by atoms with Gasteiger partial charge in [-0.3, -0.25) is 9.59 Å². The molecule has 0 spiro atoms. The fraction of sp³-hybridized carbons (Fsp3) is 0.200. The molecule has 144 valence electrons. The Hall–Kier alpha value is -3.68. The fourth-order valence-corrected chi connectivity index (χ4v) is 2.73. The van der Waals surface area contributed by atoms with Crippen LogP contribution in [0.5, 0.6) is 11.5 Å². The molecule has 2 N–H and O–H groups in total. The summed E-state index contributed by atoms with van der Waals surface area (Å²) in [5.41, 5.74) is 2.84. The summed E-state index contributed by atoms with van der Waals surface area (Å²) in [5.74, 6) is -0.234. The van der Waals surface area contributed by atoms with E-state index in [1.54, 1.807) is 36.4 Å². The second kappa shape index (κ2) is 7.91. The average Bonchev–Trinajstić information content (AvgIpc) is 2.68. The summed E-state index contributed by atoms with van der Waals surface area (Å²) in [4.78, 5) is 25.2. The molecule has 0 saturated carbocycles. The first-order valence-corrected chi connectivity index (χ1v) is 8.64. The molecule has 1 amide bonds. The third-order valence-electron chi connectivity index (χ3n) is 4.12. The predicted molar refractivity (Wildman–Crippen MR) is 106 cm³/mol. The monoisotopic (exact) mass is 380 g/mol. The quantitative estimate of drug-likeness (QED) is 0.522. The van der Waals surface area contributed by atoms with Crippen molar-refractivity contribution >= 4 is 22.9 Å². The summed E-state index contributed by atoms with van der Waals surface area (Å²) >= 11 is 0. The van der Waals surface area contributed by atoms with E-state index in [-0.39, 0.29) is 23.0 Å². The summed E-state index contributed by atoms with van der Waals surface area (Å²) in [6, 6.07) is 11.4. The van der Waals surface area contributed by atoms with Crippen LogP contribution in [0.3, 0.4) is 0 Å². The van der Waals surface area contributed by atoms with Crippen molar-refractivity contribution in [2.24, 2.45) is 5.10 Å². The van der Waals surface area contributed by atoms with Crippen LogP contribution in [0, 0.1) is 0 Å². The molecule has 0 aliphatic heterocycles. The average molecular weight is 380 g/mol. The van der Waals surface area contributed by atoms with Crippen molar-refractivity contribution in [3.8, 4) is 11.5 Å². The number of nitrogens with zero attached hydrogens (tertiary/aromatic N) is 3. The maximum absolute atomic E-state index is 12.6. The van der Waals surface area contributed by atoms with Crippen LogP contribution in [0.1, 0.15) is 35.9 Å². The SMILES string of the molecule is COc1ccc(/C=N\NC(=O)c2nn(C(C)C)c(=O)c3ccccc23)cc1O. The number of carbonyl (C=O) groups excluding carboxylic acids is 1. The Kier molecular flexibility index (Phi) is 5.39. The Morgan fingerprint density at radius 2 is 1.96 bits per heavy atom. The topological polar surface area (TPSA) is 106 Å². The zero-order chi connectivity index (χ0) is 20.3.